The summed E-state index contributed by atoms with van der Waals surface area (Å²) in [7, 11) is 1.58. The average Bonchev–Trinajstić information content (AvgIpc) is 2.73. The van der Waals surface area contributed by atoms with Gasteiger partial charge in [-0.15, -0.1) is 11.8 Å². The second-order valence-corrected chi connectivity index (χ2v) is 7.24. The molecule has 1 N–H and O–H groups in total. The van der Waals surface area contributed by atoms with E-state index in [0.29, 0.717) is 31.3 Å². The zero-order valence-electron chi connectivity index (χ0n) is 15.7. The number of ether oxygens (including phenoxy) is 2. The number of carbonyl (C=O) groups is 2. The van der Waals surface area contributed by atoms with Crippen molar-refractivity contribution in [3.05, 3.63) is 42.6 Å². The van der Waals surface area contributed by atoms with Crippen LogP contribution in [-0.2, 0) is 14.3 Å². The number of nitrogens with one attached hydrogen (secondary N) is 1. The second-order valence-electron chi connectivity index (χ2n) is 6.11. The molecule has 1 aliphatic rings. The number of amides is 2. The highest BCUT2D eigenvalue weighted by molar-refractivity contribution is 7.99. The predicted octanol–water partition coefficient (Wildman–Crippen LogP) is 2.96. The van der Waals surface area contributed by atoms with Gasteiger partial charge in [-0.3, -0.25) is 9.59 Å². The summed E-state index contributed by atoms with van der Waals surface area (Å²) in [5.41, 5.74) is 1.40. The number of benzene rings is 1. The van der Waals surface area contributed by atoms with Gasteiger partial charge in [0.1, 0.15) is 12.3 Å². The number of aromatic nitrogens is 1. The van der Waals surface area contributed by atoms with Gasteiger partial charge in [0.25, 0.3) is 0 Å². The molecule has 0 aliphatic carbocycles. The van der Waals surface area contributed by atoms with Gasteiger partial charge >= 0.3 is 0 Å². The van der Waals surface area contributed by atoms with E-state index < -0.39 is 0 Å². The largest absolute Gasteiger partial charge is 0.474 e. The van der Waals surface area contributed by atoms with Crippen molar-refractivity contribution in [2.24, 2.45) is 0 Å². The number of thioether (sulfide) groups is 1. The Balaban J connectivity index is 1.55. The summed E-state index contributed by atoms with van der Waals surface area (Å²) in [4.78, 5) is 32.0. The lowest BCUT2D eigenvalue weighted by Crippen LogP contribution is -2.35. The van der Waals surface area contributed by atoms with Gasteiger partial charge in [0.15, 0.2) is 0 Å². The van der Waals surface area contributed by atoms with E-state index in [1.54, 1.807) is 42.1 Å². The molecule has 8 heteroatoms. The molecule has 2 amide bonds. The van der Waals surface area contributed by atoms with Gasteiger partial charge in [-0.05, 0) is 24.3 Å². The molecule has 28 heavy (non-hydrogen) atoms. The van der Waals surface area contributed by atoms with Crippen LogP contribution in [-0.4, -0.2) is 49.4 Å². The molecule has 0 bridgehead atoms. The fraction of sp³-hybridized carbons (Fsp3) is 0.350. The number of rotatable bonds is 8. The number of hydrogen-bond donors (Lipinski definition) is 1. The molecule has 1 aromatic heterocycles. The summed E-state index contributed by atoms with van der Waals surface area (Å²) in [6.45, 7) is 1.41. The van der Waals surface area contributed by atoms with E-state index in [-0.39, 0.29) is 24.7 Å². The van der Waals surface area contributed by atoms with Crippen molar-refractivity contribution in [2.45, 2.75) is 17.7 Å². The summed E-state index contributed by atoms with van der Waals surface area (Å²) >= 11 is 1.74. The van der Waals surface area contributed by atoms with Crippen LogP contribution in [0.1, 0.15) is 12.8 Å². The van der Waals surface area contributed by atoms with Crippen LogP contribution in [0.25, 0.3) is 0 Å². The van der Waals surface area contributed by atoms with E-state index in [4.69, 9.17) is 9.47 Å². The topological polar surface area (TPSA) is 80.8 Å². The minimum atomic E-state index is -0.252. The summed E-state index contributed by atoms with van der Waals surface area (Å²) in [5.74, 6) is 0.886. The highest BCUT2D eigenvalue weighted by Gasteiger charge is 2.23. The summed E-state index contributed by atoms with van der Waals surface area (Å²) in [6.07, 6.45) is 1.83. The number of para-hydroxylation sites is 1. The molecule has 1 aromatic carbocycles. The number of hydrogen-bond acceptors (Lipinski definition) is 6. The normalized spacial score (nSPS) is 13.0. The van der Waals surface area contributed by atoms with Gasteiger partial charge in [0.05, 0.1) is 12.3 Å². The van der Waals surface area contributed by atoms with Crippen LogP contribution in [0.4, 0.5) is 11.4 Å². The highest BCUT2D eigenvalue weighted by Crippen LogP contribution is 2.34. The van der Waals surface area contributed by atoms with E-state index >= 15 is 0 Å². The summed E-state index contributed by atoms with van der Waals surface area (Å²) in [5, 5.41) is 2.77. The molecule has 2 heterocycles. The maximum absolute atomic E-state index is 12.6. The second kappa shape index (κ2) is 10.1. The lowest BCUT2D eigenvalue weighted by atomic mass is 10.2. The average molecular weight is 401 g/mol. The van der Waals surface area contributed by atoms with Crippen molar-refractivity contribution >= 4 is 35.0 Å². The molecule has 0 saturated carbocycles. The number of anilines is 2. The quantitative estimate of drug-likeness (QED) is 0.685. The smallest absolute Gasteiger partial charge is 0.237 e. The van der Waals surface area contributed by atoms with Gasteiger partial charge < -0.3 is 19.7 Å². The van der Waals surface area contributed by atoms with Gasteiger partial charge in [-0.2, -0.15) is 0 Å². The first-order chi connectivity index (χ1) is 13.7. The third-order valence-corrected chi connectivity index (χ3v) is 5.21. The predicted molar refractivity (Wildman–Crippen MR) is 109 cm³/mol. The Labute approximate surface area is 168 Å². The van der Waals surface area contributed by atoms with Crippen molar-refractivity contribution < 1.29 is 19.1 Å². The van der Waals surface area contributed by atoms with E-state index in [2.05, 4.69) is 10.3 Å². The highest BCUT2D eigenvalue weighted by atomic mass is 32.2. The first-order valence-electron chi connectivity index (χ1n) is 9.08. The summed E-state index contributed by atoms with van der Waals surface area (Å²) < 4.78 is 10.5. The van der Waals surface area contributed by atoms with Crippen LogP contribution in [0.3, 0.4) is 0 Å². The van der Waals surface area contributed by atoms with Gasteiger partial charge in [-0.1, -0.05) is 12.1 Å². The zero-order valence-corrected chi connectivity index (χ0v) is 16.5. The molecule has 1 aliphatic heterocycles. The van der Waals surface area contributed by atoms with Crippen LogP contribution in [0, 0.1) is 0 Å². The van der Waals surface area contributed by atoms with Crippen LogP contribution in [0.5, 0.6) is 5.88 Å². The SMILES string of the molecule is COCCOc1ncccc1NC(=O)CCC(=O)N1CCSc2ccccc21. The fourth-order valence-electron chi connectivity index (χ4n) is 2.82. The first kappa shape index (κ1) is 20.2. The van der Waals surface area contributed by atoms with E-state index in [0.717, 1.165) is 16.3 Å². The molecule has 3 rings (SSSR count). The molecule has 0 radical (unpaired) electrons. The van der Waals surface area contributed by atoms with Gasteiger partial charge in [-0.25, -0.2) is 4.98 Å². The zero-order chi connectivity index (χ0) is 19.8. The Morgan fingerprint density at radius 3 is 2.89 bits per heavy atom. The van der Waals surface area contributed by atoms with Crippen molar-refractivity contribution in [2.75, 3.05) is 42.8 Å². The maximum Gasteiger partial charge on any atom is 0.237 e. The number of pyridine rings is 1. The van der Waals surface area contributed by atoms with Crippen LogP contribution in [0.15, 0.2) is 47.5 Å². The molecule has 148 valence electrons. The molecular formula is C20H23N3O4S. The Kier molecular flexibility index (Phi) is 7.27. The number of carbonyl (C=O) groups excluding carboxylic acids is 2. The van der Waals surface area contributed by atoms with Crippen LogP contribution < -0.4 is 15.0 Å². The Morgan fingerprint density at radius 1 is 1.18 bits per heavy atom. The minimum absolute atomic E-state index is 0.0503. The van der Waals surface area contributed by atoms with E-state index in [1.165, 1.54) is 0 Å². The molecule has 0 fully saturated rings. The number of methoxy groups -OCH3 is 1. The van der Waals surface area contributed by atoms with Crippen molar-refractivity contribution in [3.8, 4) is 5.88 Å². The van der Waals surface area contributed by atoms with E-state index in [9.17, 15) is 9.59 Å². The lowest BCUT2D eigenvalue weighted by Gasteiger charge is -2.29. The Bertz CT molecular complexity index is 831. The number of nitrogens with zero attached hydrogens (tertiary/aromatic N) is 2. The standard InChI is InChI=1S/C20H23N3O4S/c1-26-12-13-27-20-15(5-4-10-21-20)22-18(24)8-9-19(25)23-11-14-28-17-7-3-2-6-16(17)23/h2-7,10H,8-9,11-14H2,1H3,(H,22,24). The third-order valence-electron chi connectivity index (χ3n) is 4.17. The minimum Gasteiger partial charge on any atom is -0.474 e. The number of fused-ring (bicyclic) bond motifs is 1. The monoisotopic (exact) mass is 401 g/mol. The lowest BCUT2D eigenvalue weighted by molar-refractivity contribution is -0.122. The fourth-order valence-corrected chi connectivity index (χ4v) is 3.81. The van der Waals surface area contributed by atoms with Crippen LogP contribution >= 0.6 is 11.8 Å². The first-order valence-corrected chi connectivity index (χ1v) is 10.1. The Hall–Kier alpha value is -2.58. The van der Waals surface area contributed by atoms with Crippen molar-refractivity contribution in [3.63, 3.8) is 0 Å². The molecule has 0 saturated heterocycles. The maximum atomic E-state index is 12.6. The van der Waals surface area contributed by atoms with Crippen molar-refractivity contribution in [1.82, 2.24) is 4.98 Å². The summed E-state index contributed by atoms with van der Waals surface area (Å²) in [6, 6.07) is 11.3. The third kappa shape index (κ3) is 5.24. The van der Waals surface area contributed by atoms with Gasteiger partial charge in [0, 0.05) is 43.3 Å². The molecule has 2 aromatic rings. The molecular weight excluding hydrogens is 378 g/mol. The molecule has 0 spiro atoms. The van der Waals surface area contributed by atoms with Gasteiger partial charge in [0.2, 0.25) is 17.7 Å². The molecule has 0 atom stereocenters. The van der Waals surface area contributed by atoms with Crippen molar-refractivity contribution in [1.29, 1.82) is 0 Å². The van der Waals surface area contributed by atoms with Crippen LogP contribution in [0.2, 0.25) is 0 Å². The molecule has 0 unspecified atom stereocenters. The Morgan fingerprint density at radius 2 is 2.04 bits per heavy atom. The molecule has 7 nitrogen and oxygen atoms in total. The van der Waals surface area contributed by atoms with E-state index in [1.807, 2.05) is 24.3 Å².